The first-order valence-corrected chi connectivity index (χ1v) is 8.84. The van der Waals surface area contributed by atoms with E-state index in [0.29, 0.717) is 51.6 Å². The number of rotatable bonds is 8. The number of nitrogens with zero attached hydrogens (tertiary/aromatic N) is 2. The Bertz CT molecular complexity index is 489. The second kappa shape index (κ2) is 8.80. The summed E-state index contributed by atoms with van der Waals surface area (Å²) in [4.78, 5) is 50.4. The van der Waals surface area contributed by atoms with Crippen molar-refractivity contribution in [1.29, 1.82) is 0 Å². The van der Waals surface area contributed by atoms with Crippen molar-refractivity contribution in [2.45, 2.75) is 64.3 Å². The Hall–Kier alpha value is -1.92. The fourth-order valence-corrected chi connectivity index (χ4v) is 3.28. The van der Waals surface area contributed by atoms with Gasteiger partial charge in [-0.15, -0.1) is 0 Å². The number of piperidine rings is 1. The maximum Gasteiger partial charge on any atom is 0.328 e. The predicted octanol–water partition coefficient (Wildman–Crippen LogP) is 1.25. The average molecular weight is 338 g/mol. The molecule has 0 spiro atoms. The monoisotopic (exact) mass is 338 g/mol. The minimum absolute atomic E-state index is 0.00389. The molecule has 0 aromatic rings. The van der Waals surface area contributed by atoms with E-state index >= 15 is 0 Å². The molecule has 0 bridgehead atoms. The van der Waals surface area contributed by atoms with E-state index in [9.17, 15) is 19.2 Å². The van der Waals surface area contributed by atoms with Crippen LogP contribution in [0.5, 0.6) is 0 Å². The van der Waals surface area contributed by atoms with Gasteiger partial charge in [0, 0.05) is 32.4 Å². The van der Waals surface area contributed by atoms with Gasteiger partial charge in [0.1, 0.15) is 6.04 Å². The first kappa shape index (κ1) is 18.4. The van der Waals surface area contributed by atoms with Crippen molar-refractivity contribution < 1.29 is 23.9 Å². The molecule has 0 aromatic carbocycles. The highest BCUT2D eigenvalue weighted by molar-refractivity contribution is 6.01. The van der Waals surface area contributed by atoms with Crippen molar-refractivity contribution in [2.24, 2.45) is 0 Å². The highest BCUT2D eigenvalue weighted by Crippen LogP contribution is 2.19. The number of ether oxygens (including phenoxy) is 1. The van der Waals surface area contributed by atoms with Crippen molar-refractivity contribution in [3.8, 4) is 0 Å². The van der Waals surface area contributed by atoms with Crippen molar-refractivity contribution in [3.05, 3.63) is 0 Å². The van der Waals surface area contributed by atoms with Crippen LogP contribution in [0.25, 0.3) is 0 Å². The van der Waals surface area contributed by atoms with Gasteiger partial charge in [0.05, 0.1) is 6.61 Å². The molecule has 0 N–H and O–H groups in total. The standard InChI is InChI=1S/C17H26N2O5/c1-2-24-17(23)13(18-11-6-4-8-14(18)20)7-3-5-12-19-15(21)9-10-16(19)22/h13H,2-12H2,1H3. The molecule has 0 radical (unpaired) electrons. The van der Waals surface area contributed by atoms with Gasteiger partial charge in [-0.3, -0.25) is 19.3 Å². The van der Waals surface area contributed by atoms with Crippen LogP contribution in [-0.4, -0.2) is 59.2 Å². The molecule has 134 valence electrons. The third-order valence-corrected chi connectivity index (χ3v) is 4.56. The fourth-order valence-electron chi connectivity index (χ4n) is 3.28. The molecule has 0 aliphatic carbocycles. The Morgan fingerprint density at radius 3 is 2.38 bits per heavy atom. The van der Waals surface area contributed by atoms with Gasteiger partial charge in [-0.05, 0) is 39.0 Å². The van der Waals surface area contributed by atoms with Crippen molar-refractivity contribution in [3.63, 3.8) is 0 Å². The van der Waals surface area contributed by atoms with Crippen molar-refractivity contribution in [2.75, 3.05) is 19.7 Å². The number of imide groups is 1. The molecule has 7 nitrogen and oxygen atoms in total. The van der Waals surface area contributed by atoms with Gasteiger partial charge in [0.2, 0.25) is 17.7 Å². The van der Waals surface area contributed by atoms with E-state index in [1.54, 1.807) is 11.8 Å². The quantitative estimate of drug-likeness (QED) is 0.378. The van der Waals surface area contributed by atoms with E-state index in [1.165, 1.54) is 4.90 Å². The largest absolute Gasteiger partial charge is 0.464 e. The Balaban J connectivity index is 1.86. The minimum atomic E-state index is -0.553. The van der Waals surface area contributed by atoms with E-state index < -0.39 is 6.04 Å². The summed E-state index contributed by atoms with van der Waals surface area (Å²) < 4.78 is 5.12. The molecule has 0 saturated carbocycles. The summed E-state index contributed by atoms with van der Waals surface area (Å²) in [5.74, 6) is -0.591. The Labute approximate surface area is 142 Å². The van der Waals surface area contributed by atoms with Crippen molar-refractivity contribution in [1.82, 2.24) is 9.80 Å². The van der Waals surface area contributed by atoms with Crippen molar-refractivity contribution >= 4 is 23.7 Å². The smallest absolute Gasteiger partial charge is 0.328 e. The lowest BCUT2D eigenvalue weighted by molar-refractivity contribution is -0.156. The second-order valence-electron chi connectivity index (χ2n) is 6.25. The highest BCUT2D eigenvalue weighted by Gasteiger charge is 2.32. The zero-order chi connectivity index (χ0) is 17.5. The third kappa shape index (κ3) is 4.55. The predicted molar refractivity (Wildman–Crippen MR) is 85.8 cm³/mol. The zero-order valence-corrected chi connectivity index (χ0v) is 14.3. The molecule has 0 aromatic heterocycles. The van der Waals surface area contributed by atoms with Crippen LogP contribution in [0.3, 0.4) is 0 Å². The molecule has 2 aliphatic heterocycles. The molecule has 24 heavy (non-hydrogen) atoms. The number of unbranched alkanes of at least 4 members (excludes halogenated alkanes) is 1. The molecule has 1 atom stereocenters. The number of hydrogen-bond donors (Lipinski definition) is 0. The Morgan fingerprint density at radius 2 is 1.75 bits per heavy atom. The van der Waals surface area contributed by atoms with Crippen LogP contribution < -0.4 is 0 Å². The van der Waals surface area contributed by atoms with Gasteiger partial charge in [0.15, 0.2) is 0 Å². The lowest BCUT2D eigenvalue weighted by atomic mass is 10.0. The average Bonchev–Trinajstić information content (AvgIpc) is 2.88. The summed E-state index contributed by atoms with van der Waals surface area (Å²) in [6.45, 7) is 3.01. The van der Waals surface area contributed by atoms with E-state index in [1.807, 2.05) is 0 Å². The number of likely N-dealkylation sites (tertiary alicyclic amines) is 2. The zero-order valence-electron chi connectivity index (χ0n) is 14.3. The third-order valence-electron chi connectivity index (χ3n) is 4.56. The van der Waals surface area contributed by atoms with Crippen LogP contribution in [0.2, 0.25) is 0 Å². The number of amides is 3. The summed E-state index contributed by atoms with van der Waals surface area (Å²) in [7, 11) is 0. The van der Waals surface area contributed by atoms with Crippen LogP contribution in [0.4, 0.5) is 0 Å². The second-order valence-corrected chi connectivity index (χ2v) is 6.25. The van der Waals surface area contributed by atoms with E-state index in [2.05, 4.69) is 0 Å². The summed E-state index contributed by atoms with van der Waals surface area (Å²) >= 11 is 0. The molecular formula is C17H26N2O5. The first-order valence-electron chi connectivity index (χ1n) is 8.84. The van der Waals surface area contributed by atoms with Crippen LogP contribution in [0.15, 0.2) is 0 Å². The number of carbonyl (C=O) groups excluding carboxylic acids is 4. The molecular weight excluding hydrogens is 312 g/mol. The Kier molecular flexibility index (Phi) is 6.75. The van der Waals surface area contributed by atoms with Crippen LogP contribution in [0, 0.1) is 0 Å². The molecule has 7 heteroatoms. The number of hydrogen-bond acceptors (Lipinski definition) is 5. The number of carbonyl (C=O) groups is 4. The molecule has 2 saturated heterocycles. The van der Waals surface area contributed by atoms with Gasteiger partial charge in [-0.2, -0.15) is 0 Å². The number of esters is 1. The highest BCUT2D eigenvalue weighted by atomic mass is 16.5. The topological polar surface area (TPSA) is 84.0 Å². The van der Waals surface area contributed by atoms with Gasteiger partial charge >= 0.3 is 5.97 Å². The molecule has 3 amide bonds. The van der Waals surface area contributed by atoms with E-state index in [-0.39, 0.29) is 30.3 Å². The van der Waals surface area contributed by atoms with Gasteiger partial charge < -0.3 is 9.64 Å². The summed E-state index contributed by atoms with van der Waals surface area (Å²) in [5.41, 5.74) is 0. The van der Waals surface area contributed by atoms with Gasteiger partial charge in [-0.1, -0.05) is 0 Å². The maximum absolute atomic E-state index is 12.2. The normalized spacial score (nSPS) is 19.8. The van der Waals surface area contributed by atoms with Gasteiger partial charge in [0.25, 0.3) is 0 Å². The summed E-state index contributed by atoms with van der Waals surface area (Å²) in [5, 5.41) is 0. The van der Waals surface area contributed by atoms with Gasteiger partial charge in [-0.25, -0.2) is 4.79 Å². The van der Waals surface area contributed by atoms with Crippen LogP contribution in [-0.2, 0) is 23.9 Å². The Morgan fingerprint density at radius 1 is 1.04 bits per heavy atom. The molecule has 2 rings (SSSR count). The fraction of sp³-hybridized carbons (Fsp3) is 0.765. The van der Waals surface area contributed by atoms with E-state index in [0.717, 1.165) is 12.8 Å². The van der Waals surface area contributed by atoms with Crippen LogP contribution in [0.1, 0.15) is 58.3 Å². The lowest BCUT2D eigenvalue weighted by Crippen LogP contribution is -2.48. The maximum atomic E-state index is 12.2. The molecule has 1 unspecified atom stereocenters. The SMILES string of the molecule is CCOC(=O)C(CCCCN1C(=O)CCC1=O)N1CCCCC1=O. The summed E-state index contributed by atoms with van der Waals surface area (Å²) in [6, 6.07) is -0.553. The molecule has 2 heterocycles. The minimum Gasteiger partial charge on any atom is -0.464 e. The lowest BCUT2D eigenvalue weighted by Gasteiger charge is -2.33. The van der Waals surface area contributed by atoms with Crippen LogP contribution >= 0.6 is 0 Å². The summed E-state index contributed by atoms with van der Waals surface area (Å²) in [6.07, 6.45) is 4.63. The molecule has 2 fully saturated rings. The van der Waals surface area contributed by atoms with E-state index in [4.69, 9.17) is 4.74 Å². The first-order chi connectivity index (χ1) is 11.5. The molecule has 2 aliphatic rings.